The summed E-state index contributed by atoms with van der Waals surface area (Å²) in [5.41, 5.74) is 0.644. The Kier molecular flexibility index (Phi) is 4.10. The molecule has 0 radical (unpaired) electrons. The fraction of sp³-hybridized carbons (Fsp3) is 0.625. The lowest BCUT2D eigenvalue weighted by atomic mass is 10.0. The Morgan fingerprint density at radius 2 is 1.95 bits per heavy atom. The summed E-state index contributed by atoms with van der Waals surface area (Å²) in [5, 5.41) is 3.14. The van der Waals surface area contributed by atoms with Crippen LogP contribution in [0.15, 0.2) is 18.3 Å². The average Bonchev–Trinajstić information content (AvgIpc) is 3.33. The first-order valence-corrected chi connectivity index (χ1v) is 7.82. The fourth-order valence-corrected chi connectivity index (χ4v) is 2.90. The molecule has 1 N–H and O–H groups in total. The topological polar surface area (TPSA) is 48.5 Å². The van der Waals surface area contributed by atoms with Crippen molar-refractivity contribution in [1.82, 2.24) is 15.2 Å². The van der Waals surface area contributed by atoms with Gasteiger partial charge in [-0.05, 0) is 37.8 Å². The lowest BCUT2D eigenvalue weighted by molar-refractivity contribution is 0.0909. The quantitative estimate of drug-likeness (QED) is 0.912. The number of piperidine rings is 1. The maximum atomic E-state index is 12.2. The van der Waals surface area contributed by atoms with Crippen LogP contribution in [-0.2, 0) is 0 Å². The van der Waals surface area contributed by atoms with Crippen LogP contribution in [0.1, 0.15) is 36.0 Å². The number of nitrogens with one attached hydrogen (secondary N) is 1. The highest BCUT2D eigenvalue weighted by atomic mass is 16.1. The van der Waals surface area contributed by atoms with Gasteiger partial charge in [0.25, 0.3) is 5.91 Å². The summed E-state index contributed by atoms with van der Waals surface area (Å²) in [6, 6.07) is 4.87. The fourth-order valence-electron chi connectivity index (χ4n) is 2.90. The molecule has 2 heterocycles. The molecule has 1 aliphatic carbocycles. The van der Waals surface area contributed by atoms with Crippen LogP contribution in [0.5, 0.6) is 0 Å². The van der Waals surface area contributed by atoms with E-state index < -0.39 is 0 Å². The monoisotopic (exact) mass is 288 g/mol. The predicted molar refractivity (Wildman–Crippen MR) is 83.6 cm³/mol. The molecule has 1 aromatic heterocycles. The smallest absolute Gasteiger partial charge is 0.253 e. The molecule has 1 amide bonds. The number of hydrogen-bond donors (Lipinski definition) is 1. The summed E-state index contributed by atoms with van der Waals surface area (Å²) in [4.78, 5) is 21.0. The Bertz CT molecular complexity index is 488. The zero-order valence-electron chi connectivity index (χ0n) is 12.9. The van der Waals surface area contributed by atoms with Crippen molar-refractivity contribution in [3.05, 3.63) is 23.9 Å². The van der Waals surface area contributed by atoms with Gasteiger partial charge in [-0.2, -0.15) is 0 Å². The summed E-state index contributed by atoms with van der Waals surface area (Å²) in [7, 11) is 3.88. The van der Waals surface area contributed by atoms with Gasteiger partial charge in [-0.15, -0.1) is 0 Å². The molecule has 21 heavy (non-hydrogen) atoms. The van der Waals surface area contributed by atoms with Crippen LogP contribution in [-0.4, -0.2) is 55.1 Å². The summed E-state index contributed by atoms with van der Waals surface area (Å²) in [5.74, 6) is 0.863. The molecule has 2 fully saturated rings. The number of nitrogens with zero attached hydrogens (tertiary/aromatic N) is 3. The molecule has 3 rings (SSSR count). The second kappa shape index (κ2) is 6.02. The van der Waals surface area contributed by atoms with Crippen LogP contribution >= 0.6 is 0 Å². The third-order valence-corrected chi connectivity index (χ3v) is 4.40. The van der Waals surface area contributed by atoms with E-state index in [4.69, 9.17) is 0 Å². The van der Waals surface area contributed by atoms with Crippen LogP contribution in [0.4, 0.5) is 5.82 Å². The first kappa shape index (κ1) is 14.3. The van der Waals surface area contributed by atoms with Gasteiger partial charge in [0.2, 0.25) is 0 Å². The average molecular weight is 288 g/mol. The second-order valence-corrected chi connectivity index (χ2v) is 6.31. The Morgan fingerprint density at radius 1 is 1.24 bits per heavy atom. The minimum Gasteiger partial charge on any atom is -0.363 e. The number of aromatic nitrogens is 1. The number of rotatable bonds is 4. The molecule has 2 aliphatic rings. The number of likely N-dealkylation sites (tertiary alicyclic amines) is 1. The number of anilines is 1. The van der Waals surface area contributed by atoms with E-state index in [0.717, 1.165) is 37.8 Å². The van der Waals surface area contributed by atoms with Gasteiger partial charge >= 0.3 is 0 Å². The minimum absolute atomic E-state index is 0.00215. The Balaban J connectivity index is 1.51. The van der Waals surface area contributed by atoms with Gasteiger partial charge in [0.1, 0.15) is 5.82 Å². The summed E-state index contributed by atoms with van der Waals surface area (Å²) < 4.78 is 0. The third-order valence-electron chi connectivity index (χ3n) is 4.40. The molecule has 5 nitrogen and oxygen atoms in total. The van der Waals surface area contributed by atoms with Gasteiger partial charge < -0.3 is 15.1 Å². The van der Waals surface area contributed by atoms with Crippen LogP contribution < -0.4 is 10.2 Å². The zero-order chi connectivity index (χ0) is 14.8. The van der Waals surface area contributed by atoms with Gasteiger partial charge in [-0.25, -0.2) is 4.98 Å². The van der Waals surface area contributed by atoms with Gasteiger partial charge in [0.05, 0.1) is 5.56 Å². The summed E-state index contributed by atoms with van der Waals surface area (Å²) in [6.45, 7) is 2.24. The van der Waals surface area contributed by atoms with Crippen molar-refractivity contribution in [3.63, 3.8) is 0 Å². The van der Waals surface area contributed by atoms with Crippen LogP contribution in [0.2, 0.25) is 0 Å². The Morgan fingerprint density at radius 3 is 2.48 bits per heavy atom. The zero-order valence-corrected chi connectivity index (χ0v) is 12.9. The van der Waals surface area contributed by atoms with Crippen molar-refractivity contribution in [2.75, 3.05) is 32.1 Å². The molecular formula is C16H24N4O. The first-order chi connectivity index (χ1) is 10.1. The van der Waals surface area contributed by atoms with Crippen LogP contribution in [0, 0.1) is 0 Å². The maximum Gasteiger partial charge on any atom is 0.253 e. The SMILES string of the molecule is CN(C)c1ccc(C(=O)NC2CCN(C3CC3)CC2)cn1. The lowest BCUT2D eigenvalue weighted by Crippen LogP contribution is -2.45. The molecule has 1 aromatic rings. The molecule has 0 aromatic carbocycles. The van der Waals surface area contributed by atoms with Gasteiger partial charge in [-0.1, -0.05) is 0 Å². The molecule has 0 unspecified atom stereocenters. The number of pyridine rings is 1. The highest BCUT2D eigenvalue weighted by molar-refractivity contribution is 5.94. The lowest BCUT2D eigenvalue weighted by Gasteiger charge is -2.32. The largest absolute Gasteiger partial charge is 0.363 e. The number of carbonyl (C=O) groups is 1. The highest BCUT2D eigenvalue weighted by Crippen LogP contribution is 2.29. The van der Waals surface area contributed by atoms with E-state index in [2.05, 4.69) is 15.2 Å². The Labute approximate surface area is 126 Å². The third kappa shape index (κ3) is 3.53. The van der Waals surface area contributed by atoms with Gasteiger partial charge in [0.15, 0.2) is 0 Å². The number of hydrogen-bond acceptors (Lipinski definition) is 4. The van der Waals surface area contributed by atoms with E-state index in [1.807, 2.05) is 31.1 Å². The van der Waals surface area contributed by atoms with Crippen molar-refractivity contribution < 1.29 is 4.79 Å². The van der Waals surface area contributed by atoms with Crippen molar-refractivity contribution in [2.24, 2.45) is 0 Å². The predicted octanol–water partition coefficient (Wildman–Crippen LogP) is 1.50. The van der Waals surface area contributed by atoms with Crippen LogP contribution in [0.3, 0.4) is 0 Å². The van der Waals surface area contributed by atoms with Gasteiger partial charge in [-0.3, -0.25) is 4.79 Å². The van der Waals surface area contributed by atoms with E-state index in [1.54, 1.807) is 6.20 Å². The molecule has 1 saturated carbocycles. The maximum absolute atomic E-state index is 12.2. The molecule has 0 atom stereocenters. The molecule has 1 aliphatic heterocycles. The second-order valence-electron chi connectivity index (χ2n) is 6.31. The van der Waals surface area contributed by atoms with E-state index in [9.17, 15) is 4.79 Å². The molecule has 1 saturated heterocycles. The normalized spacial score (nSPS) is 20.3. The van der Waals surface area contributed by atoms with E-state index >= 15 is 0 Å². The van der Waals surface area contributed by atoms with Gasteiger partial charge in [0, 0.05) is 45.5 Å². The van der Waals surface area contributed by atoms with Crippen molar-refractivity contribution in [3.8, 4) is 0 Å². The standard InChI is InChI=1S/C16H24N4O/c1-19(2)15-6-3-12(11-17-15)16(21)18-13-7-9-20(10-8-13)14-4-5-14/h3,6,11,13-14H,4-5,7-10H2,1-2H3,(H,18,21). The van der Waals surface area contributed by atoms with Crippen molar-refractivity contribution in [1.29, 1.82) is 0 Å². The molecule has 0 spiro atoms. The molecule has 5 heteroatoms. The van der Waals surface area contributed by atoms with Crippen molar-refractivity contribution >= 4 is 11.7 Å². The number of carbonyl (C=O) groups excluding carboxylic acids is 1. The first-order valence-electron chi connectivity index (χ1n) is 7.82. The van der Waals surface area contributed by atoms with E-state index in [-0.39, 0.29) is 5.91 Å². The minimum atomic E-state index is -0.00215. The molecule has 0 bridgehead atoms. The molecule has 114 valence electrons. The summed E-state index contributed by atoms with van der Waals surface area (Å²) in [6.07, 6.45) is 6.50. The summed E-state index contributed by atoms with van der Waals surface area (Å²) >= 11 is 0. The van der Waals surface area contributed by atoms with E-state index in [1.165, 1.54) is 12.8 Å². The molecular weight excluding hydrogens is 264 g/mol. The van der Waals surface area contributed by atoms with Crippen LogP contribution in [0.25, 0.3) is 0 Å². The number of amides is 1. The highest BCUT2D eigenvalue weighted by Gasteiger charge is 2.32. The van der Waals surface area contributed by atoms with E-state index in [0.29, 0.717) is 11.6 Å². The Hall–Kier alpha value is -1.62. The van der Waals surface area contributed by atoms with Crippen molar-refractivity contribution in [2.45, 2.75) is 37.8 Å².